The first-order chi connectivity index (χ1) is 13.0. The number of amidine groups is 1. The van der Waals surface area contributed by atoms with Crippen molar-refractivity contribution >= 4 is 40.4 Å². The minimum absolute atomic E-state index is 0.401. The van der Waals surface area contributed by atoms with Gasteiger partial charge in [-0.1, -0.05) is 53.5 Å². The van der Waals surface area contributed by atoms with Gasteiger partial charge in [-0.05, 0) is 37.6 Å². The maximum atomic E-state index is 11.0. The molecule has 2 aliphatic heterocycles. The summed E-state index contributed by atoms with van der Waals surface area (Å²) in [4.78, 5) is 7.11. The lowest BCUT2D eigenvalue weighted by atomic mass is 9.83. The number of anilines is 2. The summed E-state index contributed by atoms with van der Waals surface area (Å²) in [5.74, 6) is 0.630. The number of likely N-dealkylation sites (tertiary alicyclic amines) is 1. The van der Waals surface area contributed by atoms with E-state index in [1.165, 1.54) is 5.06 Å². The van der Waals surface area contributed by atoms with Crippen LogP contribution in [0, 0.1) is 0 Å². The van der Waals surface area contributed by atoms with E-state index in [9.17, 15) is 5.21 Å². The summed E-state index contributed by atoms with van der Waals surface area (Å²) in [6.07, 6.45) is 1.68. The first-order valence-corrected chi connectivity index (χ1v) is 9.78. The molecule has 0 amide bonds. The quantitative estimate of drug-likeness (QED) is 0.762. The van der Waals surface area contributed by atoms with Gasteiger partial charge in [0, 0.05) is 13.1 Å². The lowest BCUT2D eigenvalue weighted by Gasteiger charge is -2.48. The number of nitrogens with zero attached hydrogens (tertiary/aromatic N) is 3. The molecule has 142 valence electrons. The highest BCUT2D eigenvalue weighted by Gasteiger charge is 2.45. The van der Waals surface area contributed by atoms with Gasteiger partial charge in [-0.15, -0.1) is 0 Å². The Labute approximate surface area is 169 Å². The van der Waals surface area contributed by atoms with E-state index in [0.29, 0.717) is 28.1 Å². The van der Waals surface area contributed by atoms with Gasteiger partial charge in [0.1, 0.15) is 5.54 Å². The van der Waals surface area contributed by atoms with E-state index < -0.39 is 5.54 Å². The Kier molecular flexibility index (Phi) is 5.03. The van der Waals surface area contributed by atoms with Gasteiger partial charge in [-0.2, -0.15) is 0 Å². The Hall–Kier alpha value is -1.79. The fourth-order valence-electron chi connectivity index (χ4n) is 3.76. The van der Waals surface area contributed by atoms with E-state index in [-0.39, 0.29) is 0 Å². The van der Waals surface area contributed by atoms with Crippen molar-refractivity contribution in [3.05, 3.63) is 58.1 Å². The SMILES string of the molecule is CN1CCC2(CC1)Nc1cc(Cl)c(Cl)cc1N(O)C2=NCc1ccccc1. The van der Waals surface area contributed by atoms with Crippen LogP contribution in [0.25, 0.3) is 0 Å². The molecule has 2 aliphatic rings. The zero-order chi connectivity index (χ0) is 19.0. The third-order valence-electron chi connectivity index (χ3n) is 5.36. The second-order valence-electron chi connectivity index (χ2n) is 7.23. The van der Waals surface area contributed by atoms with Crippen molar-refractivity contribution in [1.82, 2.24) is 4.90 Å². The van der Waals surface area contributed by atoms with Gasteiger partial charge in [-0.3, -0.25) is 10.2 Å². The van der Waals surface area contributed by atoms with Crippen molar-refractivity contribution in [3.63, 3.8) is 0 Å². The van der Waals surface area contributed by atoms with Crippen LogP contribution in [0.2, 0.25) is 10.0 Å². The van der Waals surface area contributed by atoms with Gasteiger partial charge in [0.25, 0.3) is 0 Å². The standard InChI is InChI=1S/C20H22Cl2N4O/c1-25-9-7-20(8-10-25)19(23-13-14-5-3-2-4-6-14)26(27)18-12-16(22)15(21)11-17(18)24-20/h2-6,11-12,24,27H,7-10,13H2,1H3. The van der Waals surface area contributed by atoms with Crippen molar-refractivity contribution in [2.24, 2.45) is 4.99 Å². The summed E-state index contributed by atoms with van der Waals surface area (Å²) in [5, 5.41) is 16.7. The molecule has 27 heavy (non-hydrogen) atoms. The molecule has 2 aromatic rings. The average molecular weight is 405 g/mol. The molecule has 2 heterocycles. The predicted molar refractivity (Wildman–Crippen MR) is 111 cm³/mol. The number of rotatable bonds is 2. The van der Waals surface area contributed by atoms with Crippen LogP contribution in [-0.4, -0.2) is 41.6 Å². The summed E-state index contributed by atoms with van der Waals surface area (Å²) in [6.45, 7) is 2.34. The summed E-state index contributed by atoms with van der Waals surface area (Å²) in [5.41, 5.74) is 2.01. The van der Waals surface area contributed by atoms with Crippen LogP contribution < -0.4 is 10.4 Å². The number of nitrogens with one attached hydrogen (secondary N) is 1. The minimum atomic E-state index is -0.430. The van der Waals surface area contributed by atoms with Gasteiger partial charge >= 0.3 is 0 Å². The van der Waals surface area contributed by atoms with Gasteiger partial charge in [0.2, 0.25) is 0 Å². The molecule has 2 N–H and O–H groups in total. The van der Waals surface area contributed by atoms with Crippen molar-refractivity contribution in [2.75, 3.05) is 30.5 Å². The van der Waals surface area contributed by atoms with Gasteiger partial charge in [-0.25, -0.2) is 5.06 Å². The maximum Gasteiger partial charge on any atom is 0.155 e. The number of hydrogen-bond donors (Lipinski definition) is 2. The van der Waals surface area contributed by atoms with E-state index in [2.05, 4.69) is 17.3 Å². The zero-order valence-electron chi connectivity index (χ0n) is 15.1. The normalized spacial score (nSPS) is 20.6. The number of benzene rings is 2. The van der Waals surface area contributed by atoms with Gasteiger partial charge in [0.15, 0.2) is 5.84 Å². The monoisotopic (exact) mass is 404 g/mol. The van der Waals surface area contributed by atoms with Crippen LogP contribution in [0.3, 0.4) is 0 Å². The van der Waals surface area contributed by atoms with E-state index in [4.69, 9.17) is 28.2 Å². The highest BCUT2D eigenvalue weighted by molar-refractivity contribution is 6.42. The van der Waals surface area contributed by atoms with Crippen molar-refractivity contribution in [3.8, 4) is 0 Å². The fourth-order valence-corrected chi connectivity index (χ4v) is 4.08. The van der Waals surface area contributed by atoms with E-state index in [1.807, 2.05) is 30.3 Å². The molecule has 0 radical (unpaired) electrons. The number of piperidine rings is 1. The Bertz CT molecular complexity index is 864. The van der Waals surface area contributed by atoms with E-state index in [1.54, 1.807) is 12.1 Å². The fraction of sp³-hybridized carbons (Fsp3) is 0.350. The molecule has 0 saturated carbocycles. The predicted octanol–water partition coefficient (Wildman–Crippen LogP) is 4.68. The summed E-state index contributed by atoms with van der Waals surface area (Å²) in [7, 11) is 2.11. The number of aliphatic imine (C=N–C) groups is 1. The number of hydroxylamine groups is 1. The molecular formula is C20H22Cl2N4O. The zero-order valence-corrected chi connectivity index (χ0v) is 16.6. The van der Waals surface area contributed by atoms with Crippen LogP contribution >= 0.6 is 23.2 Å². The summed E-state index contributed by atoms with van der Waals surface area (Å²) < 4.78 is 0. The Morgan fingerprint density at radius 1 is 1.11 bits per heavy atom. The lowest BCUT2D eigenvalue weighted by Crippen LogP contribution is -2.61. The third-order valence-corrected chi connectivity index (χ3v) is 6.09. The highest BCUT2D eigenvalue weighted by Crippen LogP contribution is 2.43. The minimum Gasteiger partial charge on any atom is -0.371 e. The van der Waals surface area contributed by atoms with Crippen molar-refractivity contribution < 1.29 is 5.21 Å². The molecule has 0 aliphatic carbocycles. The Balaban J connectivity index is 1.76. The van der Waals surface area contributed by atoms with Gasteiger partial charge < -0.3 is 10.2 Å². The van der Waals surface area contributed by atoms with Crippen LogP contribution in [0.15, 0.2) is 47.5 Å². The van der Waals surface area contributed by atoms with Crippen LogP contribution in [0.4, 0.5) is 11.4 Å². The Morgan fingerprint density at radius 3 is 2.48 bits per heavy atom. The molecule has 5 nitrogen and oxygen atoms in total. The van der Waals surface area contributed by atoms with Crippen molar-refractivity contribution in [1.29, 1.82) is 0 Å². The van der Waals surface area contributed by atoms with Crippen molar-refractivity contribution in [2.45, 2.75) is 24.9 Å². The second-order valence-corrected chi connectivity index (χ2v) is 8.05. The summed E-state index contributed by atoms with van der Waals surface area (Å²) >= 11 is 12.4. The van der Waals surface area contributed by atoms with Crippen LogP contribution in [0.5, 0.6) is 0 Å². The first-order valence-electron chi connectivity index (χ1n) is 9.02. The average Bonchev–Trinajstić information content (AvgIpc) is 2.67. The number of halogens is 2. The molecule has 1 fully saturated rings. The first kappa shape index (κ1) is 18.6. The van der Waals surface area contributed by atoms with Crippen LogP contribution in [-0.2, 0) is 6.54 Å². The molecule has 0 bridgehead atoms. The topological polar surface area (TPSA) is 51.1 Å². The largest absolute Gasteiger partial charge is 0.371 e. The molecule has 1 spiro atoms. The van der Waals surface area contributed by atoms with Crippen LogP contribution in [0.1, 0.15) is 18.4 Å². The molecular weight excluding hydrogens is 383 g/mol. The Morgan fingerprint density at radius 2 is 1.78 bits per heavy atom. The molecule has 2 aromatic carbocycles. The lowest BCUT2D eigenvalue weighted by molar-refractivity contribution is 0.225. The highest BCUT2D eigenvalue weighted by atomic mass is 35.5. The third kappa shape index (κ3) is 3.52. The van der Waals surface area contributed by atoms with E-state index >= 15 is 0 Å². The molecule has 7 heteroatoms. The summed E-state index contributed by atoms with van der Waals surface area (Å²) in [6, 6.07) is 13.5. The molecule has 1 saturated heterocycles. The molecule has 4 rings (SSSR count). The maximum absolute atomic E-state index is 11.0. The number of hydrogen-bond acceptors (Lipinski definition) is 4. The smallest absolute Gasteiger partial charge is 0.155 e. The van der Waals surface area contributed by atoms with E-state index in [0.717, 1.165) is 37.2 Å². The van der Waals surface area contributed by atoms with Gasteiger partial charge in [0.05, 0.1) is 28.0 Å². The molecule has 0 aromatic heterocycles. The second kappa shape index (κ2) is 7.32. The molecule has 0 atom stereocenters. The molecule has 0 unspecified atom stereocenters. The number of fused-ring (bicyclic) bond motifs is 1.